The highest BCUT2D eigenvalue weighted by Gasteiger charge is 2.26. The van der Waals surface area contributed by atoms with Crippen molar-refractivity contribution in [2.75, 3.05) is 6.54 Å². The molecule has 1 amide bonds. The normalized spacial score (nSPS) is 17.5. The zero-order valence-electron chi connectivity index (χ0n) is 12.2. The second-order valence-electron chi connectivity index (χ2n) is 5.66. The van der Waals surface area contributed by atoms with Crippen molar-refractivity contribution in [1.82, 2.24) is 20.3 Å². The van der Waals surface area contributed by atoms with Crippen LogP contribution in [-0.2, 0) is 19.4 Å². The molecule has 0 spiro atoms. The van der Waals surface area contributed by atoms with Gasteiger partial charge in [0.2, 0.25) is 0 Å². The van der Waals surface area contributed by atoms with Gasteiger partial charge in [-0.3, -0.25) is 9.48 Å². The third-order valence-electron chi connectivity index (χ3n) is 3.91. The van der Waals surface area contributed by atoms with Gasteiger partial charge in [-0.1, -0.05) is 12.1 Å². The van der Waals surface area contributed by atoms with Crippen LogP contribution in [0.4, 0.5) is 0 Å². The zero-order valence-corrected chi connectivity index (χ0v) is 12.2. The van der Waals surface area contributed by atoms with Crippen LogP contribution in [-0.4, -0.2) is 27.4 Å². The molecule has 0 saturated heterocycles. The van der Waals surface area contributed by atoms with Crippen molar-refractivity contribution in [3.8, 4) is 0 Å². The van der Waals surface area contributed by atoms with Gasteiger partial charge in [-0.25, -0.2) is 0 Å². The number of carbonyl (C=O) groups excluding carboxylic acids is 1. The summed E-state index contributed by atoms with van der Waals surface area (Å²) in [6, 6.07) is 1.89. The highest BCUT2D eigenvalue weighted by Crippen LogP contribution is 2.27. The molecular weight excluding hydrogens is 268 g/mol. The highest BCUT2D eigenvalue weighted by atomic mass is 16.5. The maximum atomic E-state index is 12.2. The third-order valence-corrected chi connectivity index (χ3v) is 3.91. The van der Waals surface area contributed by atoms with Gasteiger partial charge in [-0.15, -0.1) is 0 Å². The molecule has 0 bridgehead atoms. The highest BCUT2D eigenvalue weighted by molar-refractivity contribution is 5.93. The van der Waals surface area contributed by atoms with Crippen LogP contribution in [0.1, 0.15) is 41.6 Å². The second kappa shape index (κ2) is 6.11. The lowest BCUT2D eigenvalue weighted by Crippen LogP contribution is -2.27. The summed E-state index contributed by atoms with van der Waals surface area (Å²) < 4.78 is 7.15. The van der Waals surface area contributed by atoms with E-state index < -0.39 is 0 Å². The molecule has 3 rings (SSSR count). The average molecular weight is 288 g/mol. The molecule has 2 aromatic rings. The molecule has 21 heavy (non-hydrogen) atoms. The van der Waals surface area contributed by atoms with Crippen molar-refractivity contribution in [3.05, 3.63) is 35.5 Å². The van der Waals surface area contributed by atoms with E-state index in [1.807, 2.05) is 16.9 Å². The molecule has 0 saturated carbocycles. The topological polar surface area (TPSA) is 73.0 Å². The standard InChI is InChI=1S/C15H20N4O2/c1-11-4-5-13-12(10-11)14(18-21-13)15(20)16-6-2-8-19-9-3-7-17-19/h3,7,9,11H,2,4-6,8,10H2,1H3,(H,16,20). The molecule has 112 valence electrons. The Morgan fingerprint density at radius 2 is 2.48 bits per heavy atom. The zero-order chi connectivity index (χ0) is 14.7. The number of rotatable bonds is 5. The van der Waals surface area contributed by atoms with Gasteiger partial charge in [0.25, 0.3) is 5.91 Å². The minimum atomic E-state index is -0.130. The monoisotopic (exact) mass is 288 g/mol. The lowest BCUT2D eigenvalue weighted by molar-refractivity contribution is 0.0942. The predicted octanol–water partition coefficient (Wildman–Crippen LogP) is 1.82. The van der Waals surface area contributed by atoms with E-state index >= 15 is 0 Å². The summed E-state index contributed by atoms with van der Waals surface area (Å²) in [7, 11) is 0. The molecule has 0 aliphatic heterocycles. The number of fused-ring (bicyclic) bond motifs is 1. The van der Waals surface area contributed by atoms with Gasteiger partial charge >= 0.3 is 0 Å². The molecule has 0 radical (unpaired) electrons. The average Bonchev–Trinajstić information content (AvgIpc) is 3.12. The van der Waals surface area contributed by atoms with Crippen LogP contribution in [0.2, 0.25) is 0 Å². The summed E-state index contributed by atoms with van der Waals surface area (Å²) in [6.07, 6.45) is 7.38. The summed E-state index contributed by atoms with van der Waals surface area (Å²) in [6.45, 7) is 3.60. The summed E-state index contributed by atoms with van der Waals surface area (Å²) in [5.74, 6) is 1.34. The van der Waals surface area contributed by atoms with E-state index in [0.29, 0.717) is 18.2 Å². The van der Waals surface area contributed by atoms with Crippen LogP contribution in [0, 0.1) is 5.92 Å². The van der Waals surface area contributed by atoms with Crippen molar-refractivity contribution in [1.29, 1.82) is 0 Å². The van der Waals surface area contributed by atoms with Crippen molar-refractivity contribution < 1.29 is 9.32 Å². The van der Waals surface area contributed by atoms with Crippen molar-refractivity contribution in [2.24, 2.45) is 5.92 Å². The summed E-state index contributed by atoms with van der Waals surface area (Å²) in [4.78, 5) is 12.2. The first kappa shape index (κ1) is 13.9. The molecule has 1 aliphatic rings. The molecular formula is C15H20N4O2. The van der Waals surface area contributed by atoms with Crippen LogP contribution in [0.15, 0.2) is 23.0 Å². The first-order chi connectivity index (χ1) is 10.2. The van der Waals surface area contributed by atoms with E-state index in [9.17, 15) is 4.79 Å². The Balaban J connectivity index is 1.53. The maximum Gasteiger partial charge on any atom is 0.273 e. The van der Waals surface area contributed by atoms with E-state index in [0.717, 1.165) is 43.6 Å². The fourth-order valence-corrected chi connectivity index (χ4v) is 2.72. The second-order valence-corrected chi connectivity index (χ2v) is 5.66. The van der Waals surface area contributed by atoms with Gasteiger partial charge in [0.05, 0.1) is 0 Å². The Bertz CT molecular complexity index is 603. The number of aromatic nitrogens is 3. The Kier molecular flexibility index (Phi) is 4.03. The smallest absolute Gasteiger partial charge is 0.273 e. The first-order valence-corrected chi connectivity index (χ1v) is 7.47. The van der Waals surface area contributed by atoms with Crippen LogP contribution in [0.25, 0.3) is 0 Å². The number of aryl methyl sites for hydroxylation is 2. The number of nitrogens with one attached hydrogen (secondary N) is 1. The fraction of sp³-hybridized carbons (Fsp3) is 0.533. The molecule has 6 nitrogen and oxygen atoms in total. The van der Waals surface area contributed by atoms with E-state index in [-0.39, 0.29) is 5.91 Å². The van der Waals surface area contributed by atoms with E-state index in [1.165, 1.54) is 0 Å². The molecule has 1 aliphatic carbocycles. The van der Waals surface area contributed by atoms with E-state index in [2.05, 4.69) is 22.5 Å². The van der Waals surface area contributed by atoms with E-state index in [4.69, 9.17) is 4.52 Å². The summed E-state index contributed by atoms with van der Waals surface area (Å²) in [5, 5.41) is 11.0. The molecule has 1 N–H and O–H groups in total. The molecule has 0 fully saturated rings. The van der Waals surface area contributed by atoms with Crippen LogP contribution < -0.4 is 5.32 Å². The SMILES string of the molecule is CC1CCc2onc(C(=O)NCCCn3cccn3)c2C1. The molecule has 2 aromatic heterocycles. The van der Waals surface area contributed by atoms with Gasteiger partial charge in [0.1, 0.15) is 5.76 Å². The molecule has 1 atom stereocenters. The van der Waals surface area contributed by atoms with E-state index in [1.54, 1.807) is 6.20 Å². The van der Waals surface area contributed by atoms with Gasteiger partial charge in [0.15, 0.2) is 5.69 Å². The largest absolute Gasteiger partial charge is 0.360 e. The van der Waals surface area contributed by atoms with Crippen LogP contribution in [0.3, 0.4) is 0 Å². The third kappa shape index (κ3) is 3.15. The lowest BCUT2D eigenvalue weighted by Gasteiger charge is -2.16. The molecule has 6 heteroatoms. The van der Waals surface area contributed by atoms with Gasteiger partial charge < -0.3 is 9.84 Å². The van der Waals surface area contributed by atoms with Crippen molar-refractivity contribution in [2.45, 2.75) is 39.2 Å². The Labute approximate surface area is 123 Å². The lowest BCUT2D eigenvalue weighted by atomic mass is 9.88. The van der Waals surface area contributed by atoms with Gasteiger partial charge in [-0.05, 0) is 31.2 Å². The number of hydrogen-bond donors (Lipinski definition) is 1. The molecule has 0 aromatic carbocycles. The predicted molar refractivity (Wildman–Crippen MR) is 76.9 cm³/mol. The Hall–Kier alpha value is -2.11. The van der Waals surface area contributed by atoms with Gasteiger partial charge in [-0.2, -0.15) is 5.10 Å². The number of carbonyl (C=O) groups is 1. The molecule has 2 heterocycles. The fourth-order valence-electron chi connectivity index (χ4n) is 2.72. The van der Waals surface area contributed by atoms with Gasteiger partial charge in [0, 0.05) is 37.5 Å². The molecule has 1 unspecified atom stereocenters. The number of amides is 1. The summed E-state index contributed by atoms with van der Waals surface area (Å²) >= 11 is 0. The minimum Gasteiger partial charge on any atom is -0.360 e. The Morgan fingerprint density at radius 3 is 3.29 bits per heavy atom. The summed E-state index contributed by atoms with van der Waals surface area (Å²) in [5.41, 5.74) is 1.47. The Morgan fingerprint density at radius 1 is 1.57 bits per heavy atom. The van der Waals surface area contributed by atoms with Crippen LogP contribution in [0.5, 0.6) is 0 Å². The quantitative estimate of drug-likeness (QED) is 0.852. The number of nitrogens with zero attached hydrogens (tertiary/aromatic N) is 3. The van der Waals surface area contributed by atoms with Crippen LogP contribution >= 0.6 is 0 Å². The van der Waals surface area contributed by atoms with Crippen molar-refractivity contribution in [3.63, 3.8) is 0 Å². The van der Waals surface area contributed by atoms with Crippen molar-refractivity contribution >= 4 is 5.91 Å². The maximum absolute atomic E-state index is 12.2. The minimum absolute atomic E-state index is 0.130. The first-order valence-electron chi connectivity index (χ1n) is 7.47. The number of hydrogen-bond acceptors (Lipinski definition) is 4.